The molecule has 2 atom stereocenters. The smallest absolute Gasteiger partial charge is 0.550 e. The summed E-state index contributed by atoms with van der Waals surface area (Å²) in [5.74, 6) is -1.91. The number of ether oxygens (including phenoxy) is 1. The van der Waals surface area contributed by atoms with Crippen LogP contribution < -0.4 is 34.7 Å². The van der Waals surface area contributed by atoms with Gasteiger partial charge in [-0.05, 0) is 11.3 Å². The van der Waals surface area contributed by atoms with Crippen LogP contribution in [0, 0.1) is 17.3 Å². The van der Waals surface area contributed by atoms with Gasteiger partial charge in [-0.3, -0.25) is 0 Å². The monoisotopic (exact) mass is 232 g/mol. The minimum absolute atomic E-state index is 0. The Balaban J connectivity index is 0.00000128. The zero-order valence-corrected chi connectivity index (χ0v) is 11.8. The molecule has 1 aliphatic carbocycles. The van der Waals surface area contributed by atoms with Gasteiger partial charge in [0.25, 0.3) is 0 Å². The minimum atomic E-state index is -1.03. The van der Waals surface area contributed by atoms with Gasteiger partial charge in [-0.15, -0.1) is 0 Å². The van der Waals surface area contributed by atoms with Crippen molar-refractivity contribution in [2.24, 2.45) is 17.3 Å². The fourth-order valence-electron chi connectivity index (χ4n) is 2.26. The maximum atomic E-state index is 11.2. The molecule has 2 fully saturated rings. The first-order valence-electron chi connectivity index (χ1n) is 5.03. The van der Waals surface area contributed by atoms with E-state index in [9.17, 15) is 14.7 Å². The Labute approximate surface area is 116 Å². The summed E-state index contributed by atoms with van der Waals surface area (Å²) < 4.78 is 4.79. The van der Waals surface area contributed by atoms with Crippen LogP contribution in [0.25, 0.3) is 0 Å². The molecule has 0 aromatic rings. The predicted molar refractivity (Wildman–Crippen MR) is 49.4 cm³/mol. The van der Waals surface area contributed by atoms with Crippen LogP contribution in [0.4, 0.5) is 0 Å². The molecule has 1 heterocycles. The molecule has 4 nitrogen and oxygen atoms in total. The topological polar surface area (TPSA) is 66.4 Å². The molecular formula is C11H13NaO4. The van der Waals surface area contributed by atoms with Crippen LogP contribution in [0.2, 0.25) is 0 Å². The number of aliphatic carboxylic acids is 1. The van der Waals surface area contributed by atoms with Crippen molar-refractivity contribution in [3.05, 3.63) is 11.6 Å². The van der Waals surface area contributed by atoms with E-state index in [-0.39, 0.29) is 46.9 Å². The largest absolute Gasteiger partial charge is 1.00 e. The number of cyclic esters (lactones) is 1. The van der Waals surface area contributed by atoms with Crippen molar-refractivity contribution in [1.29, 1.82) is 0 Å². The molecular weight excluding hydrogens is 219 g/mol. The zero-order valence-electron chi connectivity index (χ0n) is 9.78. The van der Waals surface area contributed by atoms with Crippen LogP contribution in [0.5, 0.6) is 0 Å². The van der Waals surface area contributed by atoms with Crippen LogP contribution in [-0.4, -0.2) is 18.5 Å². The zero-order chi connectivity index (χ0) is 11.2. The van der Waals surface area contributed by atoms with E-state index in [4.69, 9.17) is 4.74 Å². The maximum absolute atomic E-state index is 11.2. The summed E-state index contributed by atoms with van der Waals surface area (Å²) >= 11 is 0. The predicted octanol–water partition coefficient (Wildman–Crippen LogP) is -3.11. The van der Waals surface area contributed by atoms with Gasteiger partial charge in [0.2, 0.25) is 0 Å². The number of allylic oxidation sites excluding steroid dienone is 1. The second kappa shape index (κ2) is 4.51. The third kappa shape index (κ3) is 2.19. The van der Waals surface area contributed by atoms with Crippen molar-refractivity contribution in [3.63, 3.8) is 0 Å². The molecule has 0 aromatic heterocycles. The SMILES string of the molecule is CC1(C)C(C=C2CCOC2=O)C1C(=O)[O-].[Na+]. The molecule has 1 saturated carbocycles. The van der Waals surface area contributed by atoms with E-state index in [1.807, 2.05) is 13.8 Å². The third-order valence-electron chi connectivity index (χ3n) is 3.41. The molecule has 1 saturated heterocycles. The van der Waals surface area contributed by atoms with E-state index in [1.165, 1.54) is 0 Å². The molecule has 16 heavy (non-hydrogen) atoms. The Morgan fingerprint density at radius 3 is 2.56 bits per heavy atom. The average molecular weight is 232 g/mol. The number of carboxylic acid groups (broad SMARTS) is 1. The Kier molecular flexibility index (Phi) is 3.87. The van der Waals surface area contributed by atoms with Gasteiger partial charge in [-0.2, -0.15) is 0 Å². The molecule has 0 N–H and O–H groups in total. The summed E-state index contributed by atoms with van der Waals surface area (Å²) in [6.07, 6.45) is 2.33. The van der Waals surface area contributed by atoms with Crippen LogP contribution in [0.3, 0.4) is 0 Å². The van der Waals surface area contributed by atoms with Gasteiger partial charge in [0.05, 0.1) is 6.61 Å². The van der Waals surface area contributed by atoms with Gasteiger partial charge in [0.15, 0.2) is 0 Å². The van der Waals surface area contributed by atoms with Crippen LogP contribution in [0.15, 0.2) is 11.6 Å². The number of carbonyl (C=O) groups is 2. The molecule has 0 aromatic carbocycles. The normalized spacial score (nSPS) is 33.1. The van der Waals surface area contributed by atoms with Crippen molar-refractivity contribution < 1.29 is 49.0 Å². The molecule has 5 heteroatoms. The number of hydrogen-bond donors (Lipinski definition) is 0. The molecule has 0 radical (unpaired) electrons. The van der Waals surface area contributed by atoms with Gasteiger partial charge in [-0.1, -0.05) is 19.9 Å². The standard InChI is InChI=1S/C11H14O4.Na/c1-11(2)7(8(11)9(12)13)5-6-3-4-15-10(6)14;/h5,7-8H,3-4H2,1-2H3,(H,12,13);/q;+1/p-1. The fourth-order valence-corrected chi connectivity index (χ4v) is 2.26. The Morgan fingerprint density at radius 2 is 2.19 bits per heavy atom. The second-order valence-corrected chi connectivity index (χ2v) is 4.72. The number of hydrogen-bond acceptors (Lipinski definition) is 4. The van der Waals surface area contributed by atoms with E-state index in [0.29, 0.717) is 18.6 Å². The van der Waals surface area contributed by atoms with E-state index in [1.54, 1.807) is 6.08 Å². The Morgan fingerprint density at radius 1 is 1.56 bits per heavy atom. The third-order valence-corrected chi connectivity index (χ3v) is 3.41. The summed E-state index contributed by atoms with van der Waals surface area (Å²) in [6, 6.07) is 0. The van der Waals surface area contributed by atoms with Gasteiger partial charge >= 0.3 is 35.5 Å². The molecule has 2 rings (SSSR count). The van der Waals surface area contributed by atoms with Gasteiger partial charge in [0.1, 0.15) is 0 Å². The number of rotatable bonds is 2. The Hall–Kier alpha value is -0.320. The van der Waals surface area contributed by atoms with Crippen LogP contribution in [0.1, 0.15) is 20.3 Å². The fraction of sp³-hybridized carbons (Fsp3) is 0.636. The quantitative estimate of drug-likeness (QED) is 0.287. The van der Waals surface area contributed by atoms with Crippen LogP contribution >= 0.6 is 0 Å². The van der Waals surface area contributed by atoms with Gasteiger partial charge in [0, 0.05) is 23.9 Å². The van der Waals surface area contributed by atoms with E-state index >= 15 is 0 Å². The summed E-state index contributed by atoms with van der Waals surface area (Å²) in [5, 5.41) is 10.8. The van der Waals surface area contributed by atoms with Crippen molar-refractivity contribution in [1.82, 2.24) is 0 Å². The van der Waals surface area contributed by atoms with Crippen molar-refractivity contribution in [2.75, 3.05) is 6.61 Å². The summed E-state index contributed by atoms with van der Waals surface area (Å²) in [5.41, 5.74) is 0.311. The van der Waals surface area contributed by atoms with Crippen molar-refractivity contribution in [2.45, 2.75) is 20.3 Å². The minimum Gasteiger partial charge on any atom is -0.550 e. The second-order valence-electron chi connectivity index (χ2n) is 4.72. The molecule has 0 spiro atoms. The molecule has 1 aliphatic heterocycles. The maximum Gasteiger partial charge on any atom is 1.00 e. The first-order chi connectivity index (χ1) is 6.94. The number of carbonyl (C=O) groups excluding carboxylic acids is 2. The van der Waals surface area contributed by atoms with Gasteiger partial charge in [-0.25, -0.2) is 4.79 Å². The van der Waals surface area contributed by atoms with Gasteiger partial charge < -0.3 is 14.6 Å². The van der Waals surface area contributed by atoms with E-state index in [2.05, 4.69) is 0 Å². The summed E-state index contributed by atoms with van der Waals surface area (Å²) in [6.45, 7) is 4.15. The average Bonchev–Trinajstić information content (AvgIpc) is 2.47. The molecule has 82 valence electrons. The molecule has 2 unspecified atom stereocenters. The molecule has 2 aliphatic rings. The van der Waals surface area contributed by atoms with E-state index in [0.717, 1.165) is 0 Å². The van der Waals surface area contributed by atoms with Crippen molar-refractivity contribution >= 4 is 11.9 Å². The van der Waals surface area contributed by atoms with Crippen molar-refractivity contribution in [3.8, 4) is 0 Å². The van der Waals surface area contributed by atoms with Crippen LogP contribution in [-0.2, 0) is 14.3 Å². The molecule has 0 bridgehead atoms. The summed E-state index contributed by atoms with van der Waals surface area (Å²) in [7, 11) is 0. The number of carboxylic acids is 1. The first-order valence-corrected chi connectivity index (χ1v) is 5.03. The first kappa shape index (κ1) is 13.7. The summed E-state index contributed by atoms with van der Waals surface area (Å²) in [4.78, 5) is 22.0. The van der Waals surface area contributed by atoms with E-state index < -0.39 is 11.9 Å². The molecule has 0 amide bonds. The Bertz CT molecular complexity index is 359. The number of esters is 1.